The normalized spacial score (nSPS) is 11.5. The van der Waals surface area contributed by atoms with Crippen molar-refractivity contribution in [2.45, 2.75) is 44.8 Å². The number of amides is 1. The minimum atomic E-state index is -0.0424. The molecule has 0 bridgehead atoms. The van der Waals surface area contributed by atoms with E-state index in [1.54, 1.807) is 6.33 Å². The molecule has 1 heterocycles. The number of hydrogen-bond donors (Lipinski definition) is 1. The van der Waals surface area contributed by atoms with Gasteiger partial charge >= 0.3 is 0 Å². The van der Waals surface area contributed by atoms with Gasteiger partial charge in [0.1, 0.15) is 6.33 Å². The van der Waals surface area contributed by atoms with E-state index in [4.69, 9.17) is 0 Å². The number of aromatic nitrogens is 3. The molecule has 22 heavy (non-hydrogen) atoms. The second-order valence-corrected chi connectivity index (χ2v) is 7.01. The number of carbonyl (C=O) groups is 1. The molecule has 2 rings (SSSR count). The van der Waals surface area contributed by atoms with Crippen LogP contribution in [0.5, 0.6) is 0 Å². The summed E-state index contributed by atoms with van der Waals surface area (Å²) in [5.41, 5.74) is 2.18. The number of aryl methyl sites for hydroxylation is 1. The summed E-state index contributed by atoms with van der Waals surface area (Å²) in [6.07, 6.45) is 1.67. The first kappa shape index (κ1) is 16.5. The number of rotatable bonds is 5. The van der Waals surface area contributed by atoms with Gasteiger partial charge in [-0.3, -0.25) is 4.79 Å². The van der Waals surface area contributed by atoms with Crippen molar-refractivity contribution in [3.05, 3.63) is 36.2 Å². The van der Waals surface area contributed by atoms with Crippen LogP contribution in [0.15, 0.2) is 35.7 Å². The molecule has 1 aromatic carbocycles. The van der Waals surface area contributed by atoms with E-state index in [-0.39, 0.29) is 11.3 Å². The number of carbonyl (C=O) groups excluding carboxylic acids is 1. The first-order chi connectivity index (χ1) is 10.4. The average molecular weight is 318 g/mol. The van der Waals surface area contributed by atoms with Gasteiger partial charge in [0.25, 0.3) is 0 Å². The lowest BCUT2D eigenvalue weighted by molar-refractivity contribution is -0.113. The highest BCUT2D eigenvalue weighted by molar-refractivity contribution is 7.99. The van der Waals surface area contributed by atoms with Crippen LogP contribution in [0, 0.1) is 0 Å². The van der Waals surface area contributed by atoms with Crippen LogP contribution < -0.4 is 5.32 Å². The fraction of sp³-hybridized carbons (Fsp3) is 0.438. The number of anilines is 1. The van der Waals surface area contributed by atoms with Gasteiger partial charge in [0.05, 0.1) is 5.75 Å². The standard InChI is InChI=1S/C16H22N4OS/c1-5-20-11-17-19-15(20)22-10-14(21)18-13-8-6-12(7-9-13)16(2,3)4/h6-9,11H,5,10H2,1-4H3,(H,18,21). The quantitative estimate of drug-likeness (QED) is 0.859. The third-order valence-corrected chi connectivity index (χ3v) is 4.27. The first-order valence-corrected chi connectivity index (χ1v) is 8.29. The largest absolute Gasteiger partial charge is 0.325 e. The smallest absolute Gasteiger partial charge is 0.234 e. The molecule has 0 fully saturated rings. The molecule has 0 spiro atoms. The van der Waals surface area contributed by atoms with Gasteiger partial charge in [-0.1, -0.05) is 44.7 Å². The molecule has 0 unspecified atom stereocenters. The predicted molar refractivity (Wildman–Crippen MR) is 90.2 cm³/mol. The van der Waals surface area contributed by atoms with Gasteiger partial charge in [-0.15, -0.1) is 10.2 Å². The minimum Gasteiger partial charge on any atom is -0.325 e. The molecule has 0 aliphatic heterocycles. The van der Waals surface area contributed by atoms with Crippen LogP contribution in [-0.4, -0.2) is 26.4 Å². The number of nitrogens with one attached hydrogen (secondary N) is 1. The van der Waals surface area contributed by atoms with E-state index in [2.05, 4.69) is 48.4 Å². The minimum absolute atomic E-state index is 0.0424. The number of benzene rings is 1. The number of hydrogen-bond acceptors (Lipinski definition) is 4. The van der Waals surface area contributed by atoms with Gasteiger partial charge in [0.15, 0.2) is 5.16 Å². The van der Waals surface area contributed by atoms with Gasteiger partial charge in [-0.2, -0.15) is 0 Å². The lowest BCUT2D eigenvalue weighted by atomic mass is 9.87. The van der Waals surface area contributed by atoms with Crippen LogP contribution >= 0.6 is 11.8 Å². The molecule has 1 aromatic heterocycles. The van der Waals surface area contributed by atoms with Crippen LogP contribution in [0.2, 0.25) is 0 Å². The summed E-state index contributed by atoms with van der Waals surface area (Å²) >= 11 is 1.39. The predicted octanol–water partition coefficient (Wildman–Crippen LogP) is 3.33. The Balaban J connectivity index is 1.89. The Bertz CT molecular complexity index is 628. The van der Waals surface area contributed by atoms with Gasteiger partial charge in [0.2, 0.25) is 5.91 Å². The van der Waals surface area contributed by atoms with Crippen LogP contribution in [0.1, 0.15) is 33.3 Å². The molecule has 0 aliphatic rings. The Hall–Kier alpha value is -1.82. The lowest BCUT2D eigenvalue weighted by Crippen LogP contribution is -2.15. The summed E-state index contributed by atoms with van der Waals surface area (Å²) < 4.78 is 1.91. The fourth-order valence-corrected chi connectivity index (χ4v) is 2.73. The van der Waals surface area contributed by atoms with Crippen molar-refractivity contribution < 1.29 is 4.79 Å². The molecular formula is C16H22N4OS. The molecule has 0 saturated carbocycles. The summed E-state index contributed by atoms with van der Waals surface area (Å²) in [6, 6.07) is 7.99. The monoisotopic (exact) mass is 318 g/mol. The highest BCUT2D eigenvalue weighted by Crippen LogP contribution is 2.23. The SMILES string of the molecule is CCn1cnnc1SCC(=O)Nc1ccc(C(C)(C)C)cc1. The van der Waals surface area contributed by atoms with E-state index in [1.807, 2.05) is 23.6 Å². The van der Waals surface area contributed by atoms with Gasteiger partial charge in [0, 0.05) is 12.2 Å². The zero-order chi connectivity index (χ0) is 16.2. The average Bonchev–Trinajstić information content (AvgIpc) is 2.92. The van der Waals surface area contributed by atoms with E-state index in [9.17, 15) is 4.79 Å². The van der Waals surface area contributed by atoms with E-state index < -0.39 is 0 Å². The molecule has 1 amide bonds. The molecule has 1 N–H and O–H groups in total. The summed E-state index contributed by atoms with van der Waals surface area (Å²) in [5.74, 6) is 0.277. The third kappa shape index (κ3) is 4.34. The Morgan fingerprint density at radius 1 is 1.27 bits per heavy atom. The highest BCUT2D eigenvalue weighted by atomic mass is 32.2. The molecular weight excluding hydrogens is 296 g/mol. The summed E-state index contributed by atoms with van der Waals surface area (Å²) in [4.78, 5) is 12.0. The van der Waals surface area contributed by atoms with Crippen LogP contribution in [0.25, 0.3) is 0 Å². The fourth-order valence-electron chi connectivity index (χ4n) is 1.95. The van der Waals surface area contributed by atoms with E-state index in [0.29, 0.717) is 5.75 Å². The molecule has 0 radical (unpaired) electrons. The zero-order valence-electron chi connectivity index (χ0n) is 13.5. The van der Waals surface area contributed by atoms with Crippen molar-refractivity contribution in [3.63, 3.8) is 0 Å². The Morgan fingerprint density at radius 3 is 2.55 bits per heavy atom. The second kappa shape index (κ2) is 6.96. The third-order valence-electron chi connectivity index (χ3n) is 3.29. The maximum atomic E-state index is 12.0. The van der Waals surface area contributed by atoms with Crippen molar-refractivity contribution >= 4 is 23.4 Å². The maximum absolute atomic E-state index is 12.0. The molecule has 6 heteroatoms. The molecule has 0 atom stereocenters. The van der Waals surface area contributed by atoms with E-state index in [0.717, 1.165) is 17.4 Å². The molecule has 0 saturated heterocycles. The summed E-state index contributed by atoms with van der Waals surface area (Å²) in [6.45, 7) is 9.32. The van der Waals surface area contributed by atoms with Gasteiger partial charge < -0.3 is 9.88 Å². The van der Waals surface area contributed by atoms with Crippen LogP contribution in [-0.2, 0) is 16.8 Å². The number of thioether (sulfide) groups is 1. The zero-order valence-corrected chi connectivity index (χ0v) is 14.3. The molecule has 0 aliphatic carbocycles. The van der Waals surface area contributed by atoms with Crippen molar-refractivity contribution in [3.8, 4) is 0 Å². The lowest BCUT2D eigenvalue weighted by Gasteiger charge is -2.19. The van der Waals surface area contributed by atoms with Gasteiger partial charge in [-0.25, -0.2) is 0 Å². The van der Waals surface area contributed by atoms with Crippen molar-refractivity contribution in [1.29, 1.82) is 0 Å². The van der Waals surface area contributed by atoms with Gasteiger partial charge in [-0.05, 0) is 30.0 Å². The van der Waals surface area contributed by atoms with Crippen LogP contribution in [0.3, 0.4) is 0 Å². The van der Waals surface area contributed by atoms with E-state index >= 15 is 0 Å². The Kier molecular flexibility index (Phi) is 5.24. The highest BCUT2D eigenvalue weighted by Gasteiger charge is 2.13. The molecule has 118 valence electrons. The Morgan fingerprint density at radius 2 is 1.95 bits per heavy atom. The van der Waals surface area contributed by atoms with E-state index in [1.165, 1.54) is 17.3 Å². The number of nitrogens with zero attached hydrogens (tertiary/aromatic N) is 3. The Labute approximate surface area is 135 Å². The molecule has 5 nitrogen and oxygen atoms in total. The van der Waals surface area contributed by atoms with Crippen molar-refractivity contribution in [2.75, 3.05) is 11.1 Å². The van der Waals surface area contributed by atoms with Crippen molar-refractivity contribution in [2.24, 2.45) is 0 Å². The van der Waals surface area contributed by atoms with Crippen LogP contribution in [0.4, 0.5) is 5.69 Å². The first-order valence-electron chi connectivity index (χ1n) is 7.31. The topological polar surface area (TPSA) is 59.8 Å². The summed E-state index contributed by atoms with van der Waals surface area (Å²) in [5, 5.41) is 11.5. The second-order valence-electron chi connectivity index (χ2n) is 6.06. The maximum Gasteiger partial charge on any atom is 0.234 e. The summed E-state index contributed by atoms with van der Waals surface area (Å²) in [7, 11) is 0. The van der Waals surface area contributed by atoms with Crippen molar-refractivity contribution in [1.82, 2.24) is 14.8 Å². The molecule has 2 aromatic rings.